The van der Waals surface area contributed by atoms with Gasteiger partial charge < -0.3 is 15.4 Å². The molecule has 22 heavy (non-hydrogen) atoms. The van der Waals surface area contributed by atoms with Crippen LogP contribution in [0.4, 0.5) is 4.39 Å². The molecule has 0 fully saturated rings. The first-order chi connectivity index (χ1) is 10.7. The van der Waals surface area contributed by atoms with E-state index in [2.05, 4.69) is 22.5 Å². The number of nitrogens with zero attached hydrogens (tertiary/aromatic N) is 1. The van der Waals surface area contributed by atoms with Crippen LogP contribution in [-0.4, -0.2) is 32.8 Å². The monoisotopic (exact) mass is 329 g/mol. The molecular formula is C16H25ClFN3O. The number of rotatable bonds is 9. The van der Waals surface area contributed by atoms with Crippen LogP contribution >= 0.6 is 11.6 Å². The van der Waals surface area contributed by atoms with Crippen LogP contribution in [-0.2, 0) is 11.3 Å². The Morgan fingerprint density at radius 1 is 1.27 bits per heavy atom. The molecule has 124 valence electrons. The molecule has 4 nitrogen and oxygen atoms in total. The van der Waals surface area contributed by atoms with E-state index >= 15 is 0 Å². The van der Waals surface area contributed by atoms with Crippen molar-refractivity contribution >= 4 is 17.6 Å². The molecule has 0 bridgehead atoms. The Morgan fingerprint density at radius 2 is 2.05 bits per heavy atom. The predicted molar refractivity (Wildman–Crippen MR) is 90.0 cm³/mol. The minimum absolute atomic E-state index is 0.131. The molecule has 6 heteroatoms. The number of ether oxygens (including phenoxy) is 1. The number of hydrogen-bond donors (Lipinski definition) is 2. The molecular weight excluding hydrogens is 305 g/mol. The maximum atomic E-state index is 13.1. The Balaban J connectivity index is 2.21. The van der Waals surface area contributed by atoms with Gasteiger partial charge in [0, 0.05) is 33.4 Å². The second-order valence-electron chi connectivity index (χ2n) is 4.92. The molecule has 1 aromatic carbocycles. The summed E-state index contributed by atoms with van der Waals surface area (Å²) >= 11 is 5.75. The number of guanidine groups is 1. The molecule has 0 atom stereocenters. The van der Waals surface area contributed by atoms with Crippen molar-refractivity contribution in [3.8, 4) is 0 Å². The van der Waals surface area contributed by atoms with E-state index in [0.717, 1.165) is 44.6 Å². The van der Waals surface area contributed by atoms with Crippen molar-refractivity contribution < 1.29 is 9.13 Å². The van der Waals surface area contributed by atoms with Crippen molar-refractivity contribution in [2.75, 3.05) is 26.8 Å². The first-order valence-electron chi connectivity index (χ1n) is 7.63. The highest BCUT2D eigenvalue weighted by Gasteiger charge is 2.02. The molecule has 0 heterocycles. The number of hydrogen-bond acceptors (Lipinski definition) is 2. The smallest absolute Gasteiger partial charge is 0.191 e. The SMILES string of the molecule is CCCCOCCCNC(=NC)NCc1ccc(F)c(Cl)c1. The van der Waals surface area contributed by atoms with Gasteiger partial charge in [-0.25, -0.2) is 4.39 Å². The zero-order chi connectivity index (χ0) is 16.2. The lowest BCUT2D eigenvalue weighted by molar-refractivity contribution is 0.129. The number of halogens is 2. The van der Waals surface area contributed by atoms with Crippen LogP contribution in [0.15, 0.2) is 23.2 Å². The predicted octanol–water partition coefficient (Wildman–Crippen LogP) is 3.35. The van der Waals surface area contributed by atoms with E-state index in [-0.39, 0.29) is 5.02 Å². The van der Waals surface area contributed by atoms with Gasteiger partial charge in [-0.1, -0.05) is 31.0 Å². The Kier molecular flexibility index (Phi) is 9.59. The molecule has 0 aliphatic rings. The molecule has 1 aromatic rings. The maximum Gasteiger partial charge on any atom is 0.191 e. The van der Waals surface area contributed by atoms with Gasteiger partial charge in [0.2, 0.25) is 0 Å². The highest BCUT2D eigenvalue weighted by molar-refractivity contribution is 6.30. The molecule has 0 spiro atoms. The van der Waals surface area contributed by atoms with E-state index in [4.69, 9.17) is 16.3 Å². The molecule has 0 unspecified atom stereocenters. The van der Waals surface area contributed by atoms with Gasteiger partial charge in [0.15, 0.2) is 5.96 Å². The van der Waals surface area contributed by atoms with E-state index in [1.165, 1.54) is 6.07 Å². The summed E-state index contributed by atoms with van der Waals surface area (Å²) in [5.41, 5.74) is 0.900. The van der Waals surface area contributed by atoms with Gasteiger partial charge in [0.05, 0.1) is 5.02 Å². The fourth-order valence-corrected chi connectivity index (χ4v) is 1.99. The minimum Gasteiger partial charge on any atom is -0.381 e. The Hall–Kier alpha value is -1.33. The van der Waals surface area contributed by atoms with Crippen LogP contribution in [0, 0.1) is 5.82 Å². The first-order valence-corrected chi connectivity index (χ1v) is 8.01. The highest BCUT2D eigenvalue weighted by atomic mass is 35.5. The van der Waals surface area contributed by atoms with Crippen molar-refractivity contribution in [2.24, 2.45) is 4.99 Å². The van der Waals surface area contributed by atoms with Crippen LogP contribution < -0.4 is 10.6 Å². The molecule has 0 radical (unpaired) electrons. The third kappa shape index (κ3) is 7.61. The van der Waals surface area contributed by atoms with E-state index in [1.807, 2.05) is 0 Å². The maximum absolute atomic E-state index is 13.1. The summed E-state index contributed by atoms with van der Waals surface area (Å²) in [4.78, 5) is 4.14. The molecule has 0 saturated carbocycles. The minimum atomic E-state index is -0.406. The summed E-state index contributed by atoms with van der Waals surface area (Å²) in [6, 6.07) is 4.67. The van der Waals surface area contributed by atoms with Gasteiger partial charge in [-0.05, 0) is 30.5 Å². The summed E-state index contributed by atoms with van der Waals surface area (Å²) in [6.07, 6.45) is 3.19. The highest BCUT2D eigenvalue weighted by Crippen LogP contribution is 2.15. The van der Waals surface area contributed by atoms with Crippen molar-refractivity contribution in [2.45, 2.75) is 32.7 Å². The normalized spacial score (nSPS) is 11.5. The zero-order valence-electron chi connectivity index (χ0n) is 13.3. The third-order valence-corrected chi connectivity index (χ3v) is 3.36. The Bertz CT molecular complexity index is 469. The molecule has 0 aliphatic carbocycles. The summed E-state index contributed by atoms with van der Waals surface area (Å²) < 4.78 is 18.6. The van der Waals surface area contributed by atoms with Crippen molar-refractivity contribution in [1.29, 1.82) is 0 Å². The van der Waals surface area contributed by atoms with Gasteiger partial charge in [-0.15, -0.1) is 0 Å². The number of aliphatic imine (C=N–C) groups is 1. The van der Waals surface area contributed by atoms with Crippen molar-refractivity contribution in [1.82, 2.24) is 10.6 Å². The second-order valence-corrected chi connectivity index (χ2v) is 5.33. The number of benzene rings is 1. The fourth-order valence-electron chi connectivity index (χ4n) is 1.79. The van der Waals surface area contributed by atoms with Gasteiger partial charge in [-0.2, -0.15) is 0 Å². The Morgan fingerprint density at radius 3 is 2.73 bits per heavy atom. The van der Waals surface area contributed by atoms with Crippen LogP contribution in [0.5, 0.6) is 0 Å². The number of nitrogens with one attached hydrogen (secondary N) is 2. The van der Waals surface area contributed by atoms with E-state index in [1.54, 1.807) is 19.2 Å². The van der Waals surface area contributed by atoms with Crippen LogP contribution in [0.25, 0.3) is 0 Å². The fraction of sp³-hybridized carbons (Fsp3) is 0.562. The Labute approximate surface area is 137 Å². The van der Waals surface area contributed by atoms with Gasteiger partial charge in [0.1, 0.15) is 5.82 Å². The average Bonchev–Trinajstić information content (AvgIpc) is 2.52. The van der Waals surface area contributed by atoms with Gasteiger partial charge >= 0.3 is 0 Å². The molecule has 0 aromatic heterocycles. The van der Waals surface area contributed by atoms with E-state index in [9.17, 15) is 4.39 Å². The van der Waals surface area contributed by atoms with Crippen molar-refractivity contribution in [3.63, 3.8) is 0 Å². The van der Waals surface area contributed by atoms with E-state index < -0.39 is 5.82 Å². The standard InChI is InChI=1S/C16H25ClFN3O/c1-3-4-9-22-10-5-8-20-16(19-2)21-12-13-6-7-15(18)14(17)11-13/h6-7,11H,3-5,8-10,12H2,1-2H3,(H2,19,20,21). The van der Waals surface area contributed by atoms with Gasteiger partial charge in [0.25, 0.3) is 0 Å². The first kappa shape index (κ1) is 18.7. The summed E-state index contributed by atoms with van der Waals surface area (Å²) in [7, 11) is 1.71. The second kappa shape index (κ2) is 11.3. The lowest BCUT2D eigenvalue weighted by Crippen LogP contribution is -2.37. The molecule has 1 rings (SSSR count). The lowest BCUT2D eigenvalue weighted by atomic mass is 10.2. The molecule has 0 aliphatic heterocycles. The lowest BCUT2D eigenvalue weighted by Gasteiger charge is -2.12. The van der Waals surface area contributed by atoms with Crippen molar-refractivity contribution in [3.05, 3.63) is 34.6 Å². The largest absolute Gasteiger partial charge is 0.381 e. The third-order valence-electron chi connectivity index (χ3n) is 3.07. The van der Waals surface area contributed by atoms with E-state index in [0.29, 0.717) is 12.5 Å². The topological polar surface area (TPSA) is 45.6 Å². The quantitative estimate of drug-likeness (QED) is 0.415. The number of unbranched alkanes of at least 4 members (excludes halogenated alkanes) is 1. The van der Waals surface area contributed by atoms with Crippen LogP contribution in [0.3, 0.4) is 0 Å². The zero-order valence-corrected chi connectivity index (χ0v) is 14.0. The summed E-state index contributed by atoms with van der Waals surface area (Å²) in [5, 5.41) is 6.50. The average molecular weight is 330 g/mol. The summed E-state index contributed by atoms with van der Waals surface area (Å²) in [6.45, 7) is 5.05. The van der Waals surface area contributed by atoms with Gasteiger partial charge in [-0.3, -0.25) is 4.99 Å². The summed E-state index contributed by atoms with van der Waals surface area (Å²) in [5.74, 6) is 0.296. The molecule has 0 amide bonds. The van der Waals surface area contributed by atoms with Crippen LogP contribution in [0.2, 0.25) is 5.02 Å². The van der Waals surface area contributed by atoms with Crippen LogP contribution in [0.1, 0.15) is 31.7 Å². The molecule has 2 N–H and O–H groups in total. The molecule has 0 saturated heterocycles.